The summed E-state index contributed by atoms with van der Waals surface area (Å²) in [5, 5.41) is 11.5. The number of nitrogens with zero attached hydrogens (tertiary/aromatic N) is 1. The topological polar surface area (TPSA) is 57.6 Å². The summed E-state index contributed by atoms with van der Waals surface area (Å²) in [4.78, 5) is 27.4. The average molecular weight is 424 g/mol. The lowest BCUT2D eigenvalue weighted by Crippen LogP contribution is -2.41. The molecule has 30 heavy (non-hydrogen) atoms. The molecule has 1 aliphatic heterocycles. The fraction of sp³-hybridized carbons (Fsp3) is 0.167. The van der Waals surface area contributed by atoms with Gasteiger partial charge in [-0.15, -0.1) is 0 Å². The highest BCUT2D eigenvalue weighted by Crippen LogP contribution is 2.44. The monoisotopic (exact) mass is 423 g/mol. The molecule has 0 aliphatic carbocycles. The van der Waals surface area contributed by atoms with Gasteiger partial charge in [-0.2, -0.15) is 0 Å². The number of Topliss-reactive ketones (excluding diaryl/α,β-unsaturated/α-hetero) is 1. The Morgan fingerprint density at radius 3 is 2.47 bits per heavy atom. The van der Waals surface area contributed by atoms with E-state index in [1.165, 1.54) is 17.0 Å². The van der Waals surface area contributed by atoms with Crippen LogP contribution in [-0.4, -0.2) is 16.8 Å². The van der Waals surface area contributed by atoms with Gasteiger partial charge in [-0.3, -0.25) is 9.59 Å². The van der Waals surface area contributed by atoms with Crippen LogP contribution in [0.4, 0.5) is 10.1 Å². The second-order valence-corrected chi connectivity index (χ2v) is 7.84. The second-order valence-electron chi connectivity index (χ2n) is 7.43. The minimum Gasteiger partial charge on any atom is -0.375 e. The van der Waals surface area contributed by atoms with E-state index < -0.39 is 23.7 Å². The number of carbonyl (C=O) groups is 2. The maximum atomic E-state index is 14.3. The molecule has 0 saturated carbocycles. The lowest BCUT2D eigenvalue weighted by molar-refractivity contribution is -0.136. The van der Waals surface area contributed by atoms with Gasteiger partial charge in [-0.1, -0.05) is 65.7 Å². The van der Waals surface area contributed by atoms with E-state index in [4.69, 9.17) is 11.6 Å². The van der Waals surface area contributed by atoms with Crippen molar-refractivity contribution < 1.29 is 19.1 Å². The minimum absolute atomic E-state index is 0.149. The Hall–Kier alpha value is -3.02. The molecule has 0 radical (unpaired) electrons. The second kappa shape index (κ2) is 7.67. The van der Waals surface area contributed by atoms with Crippen molar-refractivity contribution in [3.8, 4) is 0 Å². The van der Waals surface area contributed by atoms with Gasteiger partial charge in [0.25, 0.3) is 5.91 Å². The Bertz CT molecular complexity index is 1130. The quantitative estimate of drug-likeness (QED) is 0.600. The molecular weight excluding hydrogens is 405 g/mol. The number of hydrogen-bond donors (Lipinski definition) is 1. The van der Waals surface area contributed by atoms with Gasteiger partial charge in [0, 0.05) is 21.7 Å². The fourth-order valence-corrected chi connectivity index (χ4v) is 3.97. The molecule has 3 aromatic rings. The number of fused-ring (bicyclic) bond motifs is 1. The molecule has 1 amide bonds. The highest BCUT2D eigenvalue weighted by atomic mass is 35.5. The fourth-order valence-electron chi connectivity index (χ4n) is 3.75. The standard InChI is InChI=1S/C24H19ClFNO3/c1-15-9-11-16(12-10-15)22(28)13-24(30)18-5-2-3-8-21(18)27(23(24)29)14-17-19(25)6-4-7-20(17)26/h2-12,30H,13-14H2,1H3. The van der Waals surface area contributed by atoms with Crippen molar-refractivity contribution in [3.63, 3.8) is 0 Å². The van der Waals surface area contributed by atoms with E-state index in [9.17, 15) is 19.1 Å². The third-order valence-electron chi connectivity index (χ3n) is 5.41. The highest BCUT2D eigenvalue weighted by molar-refractivity contribution is 6.31. The van der Waals surface area contributed by atoms with Gasteiger partial charge >= 0.3 is 0 Å². The molecule has 3 aromatic carbocycles. The van der Waals surface area contributed by atoms with Crippen molar-refractivity contribution in [3.05, 3.63) is 99.8 Å². The zero-order valence-corrected chi connectivity index (χ0v) is 17.0. The lowest BCUT2D eigenvalue weighted by Gasteiger charge is -2.23. The maximum absolute atomic E-state index is 14.3. The molecule has 0 saturated heterocycles. The maximum Gasteiger partial charge on any atom is 0.264 e. The van der Waals surface area contributed by atoms with E-state index in [1.54, 1.807) is 54.6 Å². The van der Waals surface area contributed by atoms with Crippen molar-refractivity contribution >= 4 is 29.0 Å². The molecule has 6 heteroatoms. The summed E-state index contributed by atoms with van der Waals surface area (Å²) in [7, 11) is 0. The van der Waals surface area contributed by atoms with E-state index >= 15 is 0 Å². The van der Waals surface area contributed by atoms with Crippen LogP contribution in [0.2, 0.25) is 5.02 Å². The molecule has 1 N–H and O–H groups in total. The van der Waals surface area contributed by atoms with E-state index in [0.29, 0.717) is 16.8 Å². The van der Waals surface area contributed by atoms with Gasteiger partial charge in [-0.05, 0) is 25.1 Å². The molecule has 0 aromatic heterocycles. The number of hydrogen-bond acceptors (Lipinski definition) is 3. The number of amides is 1. The van der Waals surface area contributed by atoms with Crippen molar-refractivity contribution in [1.82, 2.24) is 0 Å². The van der Waals surface area contributed by atoms with Crippen LogP contribution in [0, 0.1) is 12.7 Å². The van der Waals surface area contributed by atoms with Gasteiger partial charge in [0.05, 0.1) is 18.7 Å². The molecule has 1 aliphatic rings. The average Bonchev–Trinajstić information content (AvgIpc) is 2.93. The van der Waals surface area contributed by atoms with E-state index in [0.717, 1.165) is 5.56 Å². The Balaban J connectivity index is 1.70. The molecular formula is C24H19ClFNO3. The van der Waals surface area contributed by atoms with Crippen molar-refractivity contribution in [2.45, 2.75) is 25.5 Å². The first kappa shape index (κ1) is 20.3. The summed E-state index contributed by atoms with van der Waals surface area (Å²) in [6, 6.07) is 17.9. The van der Waals surface area contributed by atoms with Crippen LogP contribution in [-0.2, 0) is 16.9 Å². The number of rotatable bonds is 5. The third-order valence-corrected chi connectivity index (χ3v) is 5.76. The summed E-state index contributed by atoms with van der Waals surface area (Å²) in [5.41, 5.74) is 0.284. The van der Waals surface area contributed by atoms with Crippen molar-refractivity contribution in [1.29, 1.82) is 0 Å². The Labute approximate surface area is 178 Å². The summed E-state index contributed by atoms with van der Waals surface area (Å²) in [6.07, 6.45) is -0.409. The number of aryl methyl sites for hydroxylation is 1. The largest absolute Gasteiger partial charge is 0.375 e. The van der Waals surface area contributed by atoms with Crippen molar-refractivity contribution in [2.75, 3.05) is 4.90 Å². The van der Waals surface area contributed by atoms with Gasteiger partial charge in [-0.25, -0.2) is 4.39 Å². The Morgan fingerprint density at radius 2 is 1.77 bits per heavy atom. The number of halogens is 2. The molecule has 1 unspecified atom stereocenters. The van der Waals surface area contributed by atoms with Gasteiger partial charge < -0.3 is 10.0 Å². The van der Waals surface area contributed by atoms with Crippen LogP contribution in [0.5, 0.6) is 0 Å². The molecule has 0 spiro atoms. The predicted octanol–water partition coefficient (Wildman–Crippen LogP) is 4.79. The Kier molecular flexibility index (Phi) is 5.18. The molecule has 152 valence electrons. The first-order valence-electron chi connectivity index (χ1n) is 9.48. The number of anilines is 1. The summed E-state index contributed by atoms with van der Waals surface area (Å²) in [6.45, 7) is 1.76. The van der Waals surface area contributed by atoms with Crippen LogP contribution >= 0.6 is 11.6 Å². The molecule has 4 rings (SSSR count). The SMILES string of the molecule is Cc1ccc(C(=O)CC2(O)C(=O)N(Cc3c(F)cccc3Cl)c3ccccc32)cc1. The summed E-state index contributed by atoms with van der Waals surface area (Å²) >= 11 is 6.14. The first-order chi connectivity index (χ1) is 14.3. The molecule has 1 atom stereocenters. The number of benzene rings is 3. The Morgan fingerprint density at radius 1 is 1.07 bits per heavy atom. The summed E-state index contributed by atoms with van der Waals surface area (Å²) < 4.78 is 14.3. The normalized spacial score (nSPS) is 17.9. The number of para-hydroxylation sites is 1. The molecule has 0 fully saturated rings. The van der Waals surface area contributed by atoms with Crippen LogP contribution in [0.15, 0.2) is 66.7 Å². The van der Waals surface area contributed by atoms with E-state index in [-0.39, 0.29) is 22.9 Å². The van der Waals surface area contributed by atoms with Gasteiger partial charge in [0.15, 0.2) is 11.4 Å². The minimum atomic E-state index is -2.03. The highest BCUT2D eigenvalue weighted by Gasteiger charge is 2.51. The van der Waals surface area contributed by atoms with Crippen molar-refractivity contribution in [2.24, 2.45) is 0 Å². The van der Waals surface area contributed by atoms with Gasteiger partial charge in [0.2, 0.25) is 0 Å². The molecule has 1 heterocycles. The zero-order chi connectivity index (χ0) is 21.5. The van der Waals surface area contributed by atoms with Gasteiger partial charge in [0.1, 0.15) is 5.82 Å². The molecule has 0 bridgehead atoms. The van der Waals surface area contributed by atoms with Crippen LogP contribution in [0.25, 0.3) is 0 Å². The van der Waals surface area contributed by atoms with Crippen LogP contribution in [0.1, 0.15) is 33.5 Å². The van der Waals surface area contributed by atoms with E-state index in [1.807, 2.05) is 6.92 Å². The number of aliphatic hydroxyl groups is 1. The first-order valence-corrected chi connectivity index (χ1v) is 9.85. The zero-order valence-electron chi connectivity index (χ0n) is 16.2. The van der Waals surface area contributed by atoms with Crippen LogP contribution < -0.4 is 4.90 Å². The smallest absolute Gasteiger partial charge is 0.264 e. The molecule has 4 nitrogen and oxygen atoms in total. The number of carbonyl (C=O) groups excluding carboxylic acids is 2. The van der Waals surface area contributed by atoms with E-state index in [2.05, 4.69) is 0 Å². The third kappa shape index (κ3) is 3.40. The number of ketones is 1. The lowest BCUT2D eigenvalue weighted by atomic mass is 9.88. The predicted molar refractivity (Wildman–Crippen MR) is 113 cm³/mol. The van der Waals surface area contributed by atoms with Crippen LogP contribution in [0.3, 0.4) is 0 Å². The summed E-state index contributed by atoms with van der Waals surface area (Å²) in [5.74, 6) is -1.58.